The fourth-order valence-electron chi connectivity index (χ4n) is 6.14. The summed E-state index contributed by atoms with van der Waals surface area (Å²) in [6, 6.07) is 10.2. The Kier molecular flexibility index (Phi) is 11.1. The zero-order valence-electron chi connectivity index (χ0n) is 27.8. The van der Waals surface area contributed by atoms with Crippen LogP contribution in [0.5, 0.6) is 17.2 Å². The molecule has 258 valence electrons. The van der Waals surface area contributed by atoms with Gasteiger partial charge < -0.3 is 39.4 Å². The lowest BCUT2D eigenvalue weighted by atomic mass is 9.76. The van der Waals surface area contributed by atoms with E-state index in [0.717, 1.165) is 18.4 Å². The number of nitrogens with zero attached hydrogens (tertiary/aromatic N) is 2. The average molecular weight is 665 g/mol. The second-order valence-electron chi connectivity index (χ2n) is 12.5. The second-order valence-corrected chi connectivity index (χ2v) is 12.5. The molecule has 1 fully saturated rings. The number of rotatable bonds is 6. The van der Waals surface area contributed by atoms with Gasteiger partial charge in [-0.2, -0.15) is 0 Å². The van der Waals surface area contributed by atoms with Gasteiger partial charge in [0.05, 0.1) is 24.8 Å². The number of nitrogens with one attached hydrogen (secondary N) is 2. The number of amides is 4. The number of carbonyl (C=O) groups excluding carboxylic acids is 5. The highest BCUT2D eigenvalue weighted by molar-refractivity contribution is 6.01. The van der Waals surface area contributed by atoms with E-state index in [1.54, 1.807) is 49.2 Å². The number of likely N-dealkylation sites (N-methyl/N-ethyl adjacent to an activating group) is 1. The van der Waals surface area contributed by atoms with E-state index in [1.807, 2.05) is 6.07 Å². The van der Waals surface area contributed by atoms with Crippen LogP contribution in [0, 0.1) is 11.3 Å². The van der Waals surface area contributed by atoms with Crippen LogP contribution >= 0.6 is 0 Å². The van der Waals surface area contributed by atoms with Crippen LogP contribution in [0.15, 0.2) is 36.4 Å². The summed E-state index contributed by atoms with van der Waals surface area (Å²) in [4.78, 5) is 68.6. The summed E-state index contributed by atoms with van der Waals surface area (Å²) in [5.41, 5.74) is 0.605. The van der Waals surface area contributed by atoms with E-state index < -0.39 is 11.3 Å². The first kappa shape index (κ1) is 34.5. The van der Waals surface area contributed by atoms with Gasteiger partial charge >= 0.3 is 5.97 Å². The van der Waals surface area contributed by atoms with Crippen molar-refractivity contribution in [2.24, 2.45) is 11.3 Å². The monoisotopic (exact) mass is 664 g/mol. The molecule has 13 nitrogen and oxygen atoms in total. The topological polar surface area (TPSA) is 153 Å². The molecule has 3 aliphatic rings. The van der Waals surface area contributed by atoms with E-state index in [2.05, 4.69) is 10.6 Å². The van der Waals surface area contributed by atoms with E-state index >= 15 is 0 Å². The number of hydrogen-bond donors (Lipinski definition) is 2. The Labute approximate surface area is 280 Å². The highest BCUT2D eigenvalue weighted by Crippen LogP contribution is 2.43. The van der Waals surface area contributed by atoms with Gasteiger partial charge in [0.1, 0.15) is 5.75 Å². The Balaban J connectivity index is 1.39. The molecule has 2 aromatic rings. The smallest absolute Gasteiger partial charge is 0.314 e. The quantitative estimate of drug-likeness (QED) is 0.444. The van der Waals surface area contributed by atoms with Crippen molar-refractivity contribution in [2.75, 3.05) is 65.1 Å². The lowest BCUT2D eigenvalue weighted by Gasteiger charge is -2.32. The lowest BCUT2D eigenvalue weighted by molar-refractivity contribution is -0.156. The first-order valence-electron chi connectivity index (χ1n) is 16.5. The van der Waals surface area contributed by atoms with Crippen LogP contribution in [-0.4, -0.2) is 94.7 Å². The molecule has 2 aromatic carbocycles. The molecule has 4 amide bonds. The number of esters is 1. The summed E-state index contributed by atoms with van der Waals surface area (Å²) < 4.78 is 22.4. The highest BCUT2D eigenvalue weighted by Gasteiger charge is 2.45. The SMILES string of the molecule is CCOC(=O)C1(CC2CC2)CNC(=O)CCCN(C(=O)c2ccc3c(c2)N(C)C(=O)CO3)CCNC(=O)COc2cc(ccc2OC)C1. The van der Waals surface area contributed by atoms with Crippen molar-refractivity contribution >= 4 is 35.3 Å². The van der Waals surface area contributed by atoms with Gasteiger partial charge in [-0.15, -0.1) is 0 Å². The summed E-state index contributed by atoms with van der Waals surface area (Å²) in [6.45, 7) is 2.24. The molecule has 13 heteroatoms. The van der Waals surface area contributed by atoms with E-state index in [9.17, 15) is 24.0 Å². The molecule has 2 heterocycles. The van der Waals surface area contributed by atoms with E-state index in [4.69, 9.17) is 18.9 Å². The van der Waals surface area contributed by atoms with Gasteiger partial charge in [0.25, 0.3) is 17.7 Å². The van der Waals surface area contributed by atoms with Gasteiger partial charge in [0.2, 0.25) is 5.91 Å². The average Bonchev–Trinajstić information content (AvgIpc) is 3.90. The third-order valence-electron chi connectivity index (χ3n) is 8.95. The molecule has 5 rings (SSSR count). The molecule has 1 aliphatic carbocycles. The van der Waals surface area contributed by atoms with Crippen LogP contribution in [0.1, 0.15) is 54.9 Å². The summed E-state index contributed by atoms with van der Waals surface area (Å²) in [5.74, 6) is 0.0687. The standard InChI is InChI=1S/C35H44N4O9/c1-4-46-34(44)35(18-23-7-8-23)19-24-9-11-28(45-3)29(16-24)47-20-31(41)36-13-15-39(14-5-6-30(40)37-22-35)33(43)25-10-12-27-26(17-25)38(2)32(42)21-48-27/h9-12,16-17,23H,4-8,13-15,18-22H2,1-3H3,(H,36,41)(H,37,40). The maximum atomic E-state index is 13.7. The van der Waals surface area contributed by atoms with Crippen molar-refractivity contribution in [1.82, 2.24) is 15.5 Å². The molecule has 1 atom stereocenters. The van der Waals surface area contributed by atoms with E-state index in [1.165, 1.54) is 12.0 Å². The molecule has 1 unspecified atom stereocenters. The molecule has 0 spiro atoms. The first-order chi connectivity index (χ1) is 23.1. The van der Waals surface area contributed by atoms with Gasteiger partial charge in [-0.1, -0.05) is 18.9 Å². The van der Waals surface area contributed by atoms with Gasteiger partial charge in [0.15, 0.2) is 24.7 Å². The van der Waals surface area contributed by atoms with Gasteiger partial charge in [-0.3, -0.25) is 24.0 Å². The predicted molar refractivity (Wildman–Crippen MR) is 175 cm³/mol. The number of benzene rings is 2. The Morgan fingerprint density at radius 2 is 1.77 bits per heavy atom. The number of anilines is 1. The van der Waals surface area contributed by atoms with Crippen LogP contribution in [0.3, 0.4) is 0 Å². The number of hydrogen-bond acceptors (Lipinski definition) is 9. The van der Waals surface area contributed by atoms with E-state index in [0.29, 0.717) is 53.7 Å². The number of ether oxygens (including phenoxy) is 4. The largest absolute Gasteiger partial charge is 0.493 e. The second kappa shape index (κ2) is 15.4. The molecule has 0 aromatic heterocycles. The summed E-state index contributed by atoms with van der Waals surface area (Å²) in [7, 11) is 3.13. The molecule has 2 bridgehead atoms. The Morgan fingerprint density at radius 3 is 2.52 bits per heavy atom. The Hall–Kier alpha value is -4.81. The third kappa shape index (κ3) is 8.36. The highest BCUT2D eigenvalue weighted by atomic mass is 16.5. The molecule has 48 heavy (non-hydrogen) atoms. The zero-order valence-corrected chi connectivity index (χ0v) is 27.8. The maximum Gasteiger partial charge on any atom is 0.314 e. The van der Waals surface area contributed by atoms with Crippen molar-refractivity contribution in [3.8, 4) is 17.2 Å². The van der Waals surface area contributed by atoms with Crippen LogP contribution in [-0.2, 0) is 30.3 Å². The summed E-state index contributed by atoms with van der Waals surface area (Å²) >= 11 is 0. The molecular formula is C35H44N4O9. The fraction of sp³-hybridized carbons (Fsp3) is 0.514. The predicted octanol–water partition coefficient (Wildman–Crippen LogP) is 2.49. The third-order valence-corrected chi connectivity index (χ3v) is 8.95. The van der Waals surface area contributed by atoms with Crippen LogP contribution < -0.4 is 29.7 Å². The van der Waals surface area contributed by atoms with Crippen LogP contribution in [0.4, 0.5) is 5.69 Å². The van der Waals surface area contributed by atoms with Crippen molar-refractivity contribution in [1.29, 1.82) is 0 Å². The van der Waals surface area contributed by atoms with Crippen molar-refractivity contribution < 1.29 is 42.9 Å². The first-order valence-corrected chi connectivity index (χ1v) is 16.5. The maximum absolute atomic E-state index is 13.7. The Morgan fingerprint density at radius 1 is 0.979 bits per heavy atom. The van der Waals surface area contributed by atoms with Gasteiger partial charge in [0, 0.05) is 45.2 Å². The zero-order chi connectivity index (χ0) is 34.3. The summed E-state index contributed by atoms with van der Waals surface area (Å²) in [5, 5.41) is 5.80. The van der Waals surface area contributed by atoms with Crippen LogP contribution in [0.2, 0.25) is 0 Å². The molecule has 0 radical (unpaired) electrons. The van der Waals surface area contributed by atoms with Crippen molar-refractivity contribution in [3.63, 3.8) is 0 Å². The van der Waals surface area contributed by atoms with E-state index in [-0.39, 0.29) is 76.1 Å². The van der Waals surface area contributed by atoms with Gasteiger partial charge in [-0.25, -0.2) is 0 Å². The minimum Gasteiger partial charge on any atom is -0.493 e. The van der Waals surface area contributed by atoms with Crippen LogP contribution in [0.25, 0.3) is 0 Å². The minimum absolute atomic E-state index is 0.0753. The number of carbonyl (C=O) groups is 5. The number of methoxy groups -OCH3 is 1. The molecule has 0 saturated heterocycles. The van der Waals surface area contributed by atoms with Crippen molar-refractivity contribution in [3.05, 3.63) is 47.5 Å². The fourth-order valence-corrected chi connectivity index (χ4v) is 6.14. The van der Waals surface area contributed by atoms with Crippen molar-refractivity contribution in [2.45, 2.75) is 45.4 Å². The number of fused-ring (bicyclic) bond motifs is 3. The van der Waals surface area contributed by atoms with Gasteiger partial charge in [-0.05, 0) is 68.0 Å². The molecule has 2 aliphatic heterocycles. The molecular weight excluding hydrogens is 620 g/mol. The molecule has 1 saturated carbocycles. The normalized spacial score (nSPS) is 20.9. The summed E-state index contributed by atoms with van der Waals surface area (Å²) in [6.07, 6.45) is 3.34. The minimum atomic E-state index is -1.01. The molecule has 2 N–H and O–H groups in total. The lowest BCUT2D eigenvalue weighted by Crippen LogP contribution is -2.46. The Bertz CT molecular complexity index is 1540.